The lowest BCUT2D eigenvalue weighted by Gasteiger charge is -2.14. The van der Waals surface area contributed by atoms with Crippen molar-refractivity contribution in [3.05, 3.63) is 48.5 Å². The number of benzene rings is 2. The third kappa shape index (κ3) is 5.35. The molecule has 0 atom stereocenters. The highest BCUT2D eigenvalue weighted by atomic mass is 16.2. The van der Waals surface area contributed by atoms with Gasteiger partial charge in [0.1, 0.15) is 0 Å². The Morgan fingerprint density at radius 3 is 1.76 bits per heavy atom. The second-order valence-electron chi connectivity index (χ2n) is 5.61. The normalized spacial score (nSPS) is 9.88. The van der Waals surface area contributed by atoms with Gasteiger partial charge in [0.15, 0.2) is 0 Å². The number of amides is 3. The number of rotatable bonds is 4. The van der Waals surface area contributed by atoms with Crippen molar-refractivity contribution >= 4 is 40.5 Å². The molecular weight excluding hydrogens is 320 g/mol. The fourth-order valence-corrected chi connectivity index (χ4v) is 2.12. The van der Waals surface area contributed by atoms with Crippen LogP contribution in [0.25, 0.3) is 0 Å². The summed E-state index contributed by atoms with van der Waals surface area (Å²) in [6, 6.07) is 13.7. The van der Waals surface area contributed by atoms with Gasteiger partial charge in [-0.3, -0.25) is 14.4 Å². The minimum absolute atomic E-state index is 0.220. The van der Waals surface area contributed by atoms with Gasteiger partial charge in [-0.2, -0.15) is 0 Å². The summed E-state index contributed by atoms with van der Waals surface area (Å²) < 4.78 is 0. The van der Waals surface area contributed by atoms with Crippen LogP contribution in [0.4, 0.5) is 22.7 Å². The third-order valence-electron chi connectivity index (χ3n) is 3.27. The zero-order valence-electron chi connectivity index (χ0n) is 14.3. The van der Waals surface area contributed by atoms with Crippen LogP contribution >= 0.6 is 0 Å². The van der Waals surface area contributed by atoms with Gasteiger partial charge < -0.3 is 20.9 Å². The number of nitrogens with zero attached hydrogens (tertiary/aromatic N) is 1. The van der Waals surface area contributed by atoms with E-state index in [1.54, 1.807) is 42.5 Å². The van der Waals surface area contributed by atoms with E-state index in [0.717, 1.165) is 5.69 Å². The molecule has 0 saturated carbocycles. The van der Waals surface area contributed by atoms with Crippen molar-refractivity contribution in [2.45, 2.75) is 6.92 Å². The van der Waals surface area contributed by atoms with Gasteiger partial charge in [-0.25, -0.2) is 0 Å². The molecule has 3 N–H and O–H groups in total. The number of carbonyl (C=O) groups excluding carboxylic acids is 3. The number of anilines is 4. The van der Waals surface area contributed by atoms with Crippen LogP contribution in [-0.4, -0.2) is 31.8 Å². The molecule has 0 fully saturated rings. The molecule has 0 bridgehead atoms. The zero-order valence-corrected chi connectivity index (χ0v) is 14.3. The molecule has 7 nitrogen and oxygen atoms in total. The van der Waals surface area contributed by atoms with E-state index < -0.39 is 11.8 Å². The first kappa shape index (κ1) is 18.0. The number of carbonyl (C=O) groups is 3. The molecule has 0 spiro atoms. The van der Waals surface area contributed by atoms with Gasteiger partial charge in [-0.1, -0.05) is 12.1 Å². The maximum absolute atomic E-state index is 12.1. The topological polar surface area (TPSA) is 90.5 Å². The standard InChI is InChI=1S/C18H20N4O3/c1-12(23)19-13-6-4-7-14(10-13)20-17(24)18(25)21-15-8-5-9-16(11-15)22(2)3/h4-11H,1-3H3,(H,19,23)(H,20,24)(H,21,25). The Kier molecular flexibility index (Phi) is 5.73. The van der Waals surface area contributed by atoms with Crippen molar-refractivity contribution in [2.75, 3.05) is 34.9 Å². The summed E-state index contributed by atoms with van der Waals surface area (Å²) >= 11 is 0. The lowest BCUT2D eigenvalue weighted by Crippen LogP contribution is -2.29. The largest absolute Gasteiger partial charge is 0.378 e. The van der Waals surface area contributed by atoms with E-state index in [-0.39, 0.29) is 5.91 Å². The maximum atomic E-state index is 12.1. The van der Waals surface area contributed by atoms with E-state index in [1.165, 1.54) is 6.92 Å². The van der Waals surface area contributed by atoms with Crippen LogP contribution in [0.2, 0.25) is 0 Å². The highest BCUT2D eigenvalue weighted by molar-refractivity contribution is 6.43. The number of nitrogens with one attached hydrogen (secondary N) is 3. The smallest absolute Gasteiger partial charge is 0.314 e. The third-order valence-corrected chi connectivity index (χ3v) is 3.27. The molecule has 0 aliphatic carbocycles. The fraction of sp³-hybridized carbons (Fsp3) is 0.167. The summed E-state index contributed by atoms with van der Waals surface area (Å²) in [6.07, 6.45) is 0. The molecule has 0 aliphatic rings. The zero-order chi connectivity index (χ0) is 18.4. The molecule has 130 valence electrons. The second-order valence-corrected chi connectivity index (χ2v) is 5.61. The minimum atomic E-state index is -0.796. The summed E-state index contributed by atoms with van der Waals surface area (Å²) in [7, 11) is 3.77. The van der Waals surface area contributed by atoms with Crippen LogP contribution < -0.4 is 20.9 Å². The summed E-state index contributed by atoms with van der Waals surface area (Å²) in [5.41, 5.74) is 2.37. The Morgan fingerprint density at radius 1 is 0.760 bits per heavy atom. The van der Waals surface area contributed by atoms with Crippen molar-refractivity contribution in [2.24, 2.45) is 0 Å². The molecule has 2 aromatic carbocycles. The minimum Gasteiger partial charge on any atom is -0.378 e. The number of hydrogen-bond donors (Lipinski definition) is 3. The van der Waals surface area contributed by atoms with E-state index in [1.807, 2.05) is 25.1 Å². The van der Waals surface area contributed by atoms with Crippen molar-refractivity contribution in [1.82, 2.24) is 0 Å². The van der Waals surface area contributed by atoms with Crippen LogP contribution in [-0.2, 0) is 14.4 Å². The van der Waals surface area contributed by atoms with Gasteiger partial charge in [0.25, 0.3) is 0 Å². The summed E-state index contributed by atoms with van der Waals surface area (Å²) in [6.45, 7) is 1.39. The highest BCUT2D eigenvalue weighted by Crippen LogP contribution is 2.18. The predicted molar refractivity (Wildman–Crippen MR) is 98.8 cm³/mol. The van der Waals surface area contributed by atoms with Gasteiger partial charge in [-0.05, 0) is 36.4 Å². The molecule has 0 heterocycles. The Balaban J connectivity index is 2.02. The average Bonchev–Trinajstić information content (AvgIpc) is 2.54. The maximum Gasteiger partial charge on any atom is 0.314 e. The van der Waals surface area contributed by atoms with Gasteiger partial charge in [0, 0.05) is 43.8 Å². The molecule has 0 aliphatic heterocycles. The van der Waals surface area contributed by atoms with Crippen LogP contribution in [0.15, 0.2) is 48.5 Å². The van der Waals surface area contributed by atoms with Crippen LogP contribution in [0.5, 0.6) is 0 Å². The Labute approximate surface area is 146 Å². The lowest BCUT2D eigenvalue weighted by atomic mass is 10.2. The molecule has 2 aromatic rings. The molecule has 7 heteroatoms. The number of hydrogen-bond acceptors (Lipinski definition) is 4. The lowest BCUT2D eigenvalue weighted by molar-refractivity contribution is -0.132. The van der Waals surface area contributed by atoms with Crippen LogP contribution in [0, 0.1) is 0 Å². The van der Waals surface area contributed by atoms with E-state index in [0.29, 0.717) is 17.1 Å². The van der Waals surface area contributed by atoms with Crippen molar-refractivity contribution in [3.8, 4) is 0 Å². The average molecular weight is 340 g/mol. The SMILES string of the molecule is CC(=O)Nc1cccc(NC(=O)C(=O)Nc2cccc(N(C)C)c2)c1. The molecule has 0 saturated heterocycles. The fourth-order valence-electron chi connectivity index (χ4n) is 2.12. The van der Waals surface area contributed by atoms with E-state index in [2.05, 4.69) is 16.0 Å². The molecule has 0 aromatic heterocycles. The molecular formula is C18H20N4O3. The highest BCUT2D eigenvalue weighted by Gasteiger charge is 2.14. The van der Waals surface area contributed by atoms with E-state index >= 15 is 0 Å². The summed E-state index contributed by atoms with van der Waals surface area (Å²) in [4.78, 5) is 37.1. The van der Waals surface area contributed by atoms with E-state index in [4.69, 9.17) is 0 Å². The molecule has 3 amide bonds. The molecule has 2 rings (SSSR count). The molecule has 0 radical (unpaired) electrons. The summed E-state index contributed by atoms with van der Waals surface area (Å²) in [5.74, 6) is -1.79. The van der Waals surface area contributed by atoms with Crippen molar-refractivity contribution in [3.63, 3.8) is 0 Å². The quantitative estimate of drug-likeness (QED) is 0.745. The first-order valence-corrected chi connectivity index (χ1v) is 7.62. The Bertz CT molecular complexity index is 802. The van der Waals surface area contributed by atoms with Gasteiger partial charge in [0.05, 0.1) is 0 Å². The van der Waals surface area contributed by atoms with Crippen LogP contribution in [0.1, 0.15) is 6.92 Å². The second kappa shape index (κ2) is 7.96. The Hall–Kier alpha value is -3.35. The van der Waals surface area contributed by atoms with Crippen LogP contribution in [0.3, 0.4) is 0 Å². The first-order chi connectivity index (χ1) is 11.8. The predicted octanol–water partition coefficient (Wildman–Crippen LogP) is 2.29. The van der Waals surface area contributed by atoms with Crippen molar-refractivity contribution < 1.29 is 14.4 Å². The van der Waals surface area contributed by atoms with Gasteiger partial charge in [-0.15, -0.1) is 0 Å². The first-order valence-electron chi connectivity index (χ1n) is 7.62. The Morgan fingerprint density at radius 2 is 1.24 bits per heavy atom. The van der Waals surface area contributed by atoms with E-state index in [9.17, 15) is 14.4 Å². The van der Waals surface area contributed by atoms with Gasteiger partial charge in [0.2, 0.25) is 5.91 Å². The monoisotopic (exact) mass is 340 g/mol. The summed E-state index contributed by atoms with van der Waals surface area (Å²) in [5, 5.41) is 7.67. The van der Waals surface area contributed by atoms with Gasteiger partial charge >= 0.3 is 11.8 Å². The molecule has 25 heavy (non-hydrogen) atoms. The molecule has 0 unspecified atom stereocenters. The van der Waals surface area contributed by atoms with Crippen molar-refractivity contribution in [1.29, 1.82) is 0 Å².